The Morgan fingerprint density at radius 1 is 1.40 bits per heavy atom. The fraction of sp³-hybridized carbons (Fsp3) is 0.625. The van der Waals surface area contributed by atoms with Crippen molar-refractivity contribution in [2.24, 2.45) is 0 Å². The highest BCUT2D eigenvalue weighted by Gasteiger charge is 2.20. The molecule has 0 aromatic carbocycles. The van der Waals surface area contributed by atoms with E-state index in [9.17, 15) is 0 Å². The number of rotatable bonds is 2. The van der Waals surface area contributed by atoms with Crippen LogP contribution >= 0.6 is 23.2 Å². The lowest BCUT2D eigenvalue weighted by Crippen LogP contribution is -2.24. The van der Waals surface area contributed by atoms with Crippen molar-refractivity contribution in [3.8, 4) is 0 Å². The van der Waals surface area contributed by atoms with Crippen LogP contribution in [0.25, 0.3) is 0 Å². The number of hydrogen-bond acceptors (Lipinski definition) is 5. The molecule has 2 heterocycles. The van der Waals surface area contributed by atoms with Crippen LogP contribution in [0.4, 0.5) is 5.82 Å². The second-order valence-corrected chi connectivity index (χ2v) is 4.31. The summed E-state index contributed by atoms with van der Waals surface area (Å²) >= 11 is 11.5. The van der Waals surface area contributed by atoms with Crippen molar-refractivity contribution in [1.82, 2.24) is 20.1 Å². The van der Waals surface area contributed by atoms with Crippen LogP contribution in [0.1, 0.15) is 6.42 Å². The van der Waals surface area contributed by atoms with Crippen LogP contribution < -0.4 is 5.32 Å². The van der Waals surface area contributed by atoms with E-state index < -0.39 is 0 Å². The van der Waals surface area contributed by atoms with Crippen LogP contribution in [0.5, 0.6) is 0 Å². The number of nitrogens with one attached hydrogen (secondary N) is 1. The van der Waals surface area contributed by atoms with E-state index in [-0.39, 0.29) is 10.4 Å². The normalized spacial score (nSPS) is 21.9. The van der Waals surface area contributed by atoms with Gasteiger partial charge >= 0.3 is 0 Å². The summed E-state index contributed by atoms with van der Waals surface area (Å²) in [7, 11) is 2.08. The van der Waals surface area contributed by atoms with Gasteiger partial charge in [0.05, 0.1) is 0 Å². The Morgan fingerprint density at radius 3 is 2.87 bits per heavy atom. The van der Waals surface area contributed by atoms with Gasteiger partial charge in [-0.25, -0.2) is 0 Å². The molecule has 1 aliphatic heterocycles. The number of halogens is 2. The minimum Gasteiger partial charge on any atom is -0.363 e. The quantitative estimate of drug-likeness (QED) is 0.854. The minimum absolute atomic E-state index is 0.105. The Kier molecular flexibility index (Phi) is 3.23. The van der Waals surface area contributed by atoms with E-state index >= 15 is 0 Å². The standard InChI is InChI=1S/C8H11Cl2N5/c1-15-3-2-5(4-15)11-7-6(9)13-14-8(10)12-7/h5H,2-4H2,1H3,(H,11,12,14). The largest absolute Gasteiger partial charge is 0.363 e. The van der Waals surface area contributed by atoms with Crippen molar-refractivity contribution in [2.45, 2.75) is 12.5 Å². The SMILES string of the molecule is CN1CCC(Nc2nc(Cl)nnc2Cl)C1. The summed E-state index contributed by atoms with van der Waals surface area (Å²) in [5.74, 6) is 0.511. The number of likely N-dealkylation sites (tertiary alicyclic amines) is 1. The van der Waals surface area contributed by atoms with Gasteiger partial charge in [-0.15, -0.1) is 10.2 Å². The van der Waals surface area contributed by atoms with Gasteiger partial charge in [-0.05, 0) is 31.6 Å². The van der Waals surface area contributed by atoms with E-state index in [2.05, 4.69) is 32.4 Å². The van der Waals surface area contributed by atoms with Crippen molar-refractivity contribution in [3.05, 3.63) is 10.4 Å². The molecular weight excluding hydrogens is 237 g/mol. The molecule has 7 heteroatoms. The minimum atomic E-state index is 0.105. The molecule has 1 aliphatic rings. The number of nitrogens with zero attached hydrogens (tertiary/aromatic N) is 4. The highest BCUT2D eigenvalue weighted by atomic mass is 35.5. The van der Waals surface area contributed by atoms with Crippen LogP contribution in [0.3, 0.4) is 0 Å². The lowest BCUT2D eigenvalue weighted by atomic mass is 10.3. The van der Waals surface area contributed by atoms with Gasteiger partial charge in [-0.1, -0.05) is 11.6 Å². The van der Waals surface area contributed by atoms with Gasteiger partial charge in [0.1, 0.15) is 0 Å². The predicted octanol–water partition coefficient (Wildman–Crippen LogP) is 1.29. The third kappa shape index (κ3) is 2.68. The Labute approximate surface area is 97.8 Å². The van der Waals surface area contributed by atoms with Crippen LogP contribution in [0, 0.1) is 0 Å². The van der Waals surface area contributed by atoms with Gasteiger partial charge in [0.15, 0.2) is 11.0 Å². The van der Waals surface area contributed by atoms with Crippen molar-refractivity contribution in [3.63, 3.8) is 0 Å². The molecule has 0 saturated carbocycles. The molecule has 0 amide bonds. The van der Waals surface area contributed by atoms with E-state index in [0.29, 0.717) is 11.9 Å². The Balaban J connectivity index is 2.07. The summed E-state index contributed by atoms with van der Waals surface area (Å²) in [6.45, 7) is 2.04. The van der Waals surface area contributed by atoms with Crippen molar-refractivity contribution in [1.29, 1.82) is 0 Å². The number of hydrogen-bond donors (Lipinski definition) is 1. The predicted molar refractivity (Wildman–Crippen MR) is 59.4 cm³/mol. The molecule has 0 radical (unpaired) electrons. The maximum Gasteiger partial charge on any atom is 0.245 e. The fourth-order valence-electron chi connectivity index (χ4n) is 1.63. The van der Waals surface area contributed by atoms with E-state index in [1.807, 2.05) is 0 Å². The first kappa shape index (κ1) is 10.9. The molecule has 1 N–H and O–H groups in total. The summed E-state index contributed by atoms with van der Waals surface area (Å²) in [5.41, 5.74) is 0. The van der Waals surface area contributed by atoms with Gasteiger partial charge < -0.3 is 10.2 Å². The van der Waals surface area contributed by atoms with Crippen molar-refractivity contribution in [2.75, 3.05) is 25.5 Å². The van der Waals surface area contributed by atoms with Crippen LogP contribution in [0.15, 0.2) is 0 Å². The van der Waals surface area contributed by atoms with Crippen LogP contribution in [0.2, 0.25) is 10.4 Å². The van der Waals surface area contributed by atoms with E-state index in [0.717, 1.165) is 19.5 Å². The summed E-state index contributed by atoms with van der Waals surface area (Å²) < 4.78 is 0. The zero-order chi connectivity index (χ0) is 10.8. The highest BCUT2D eigenvalue weighted by molar-refractivity contribution is 6.32. The summed E-state index contributed by atoms with van der Waals surface area (Å²) in [6.07, 6.45) is 1.06. The molecule has 0 spiro atoms. The number of likely N-dealkylation sites (N-methyl/N-ethyl adjacent to an activating group) is 1. The molecule has 1 aromatic heterocycles. The number of aromatic nitrogens is 3. The first-order valence-electron chi connectivity index (χ1n) is 4.66. The lowest BCUT2D eigenvalue weighted by molar-refractivity contribution is 0.414. The topological polar surface area (TPSA) is 53.9 Å². The van der Waals surface area contributed by atoms with Crippen LogP contribution in [-0.2, 0) is 0 Å². The average molecular weight is 248 g/mol. The molecule has 82 valence electrons. The summed E-state index contributed by atoms with van der Waals surface area (Å²) in [5, 5.41) is 10.8. The molecule has 15 heavy (non-hydrogen) atoms. The van der Waals surface area contributed by atoms with Gasteiger partial charge in [0.2, 0.25) is 5.28 Å². The Morgan fingerprint density at radius 2 is 2.20 bits per heavy atom. The second kappa shape index (κ2) is 4.47. The smallest absolute Gasteiger partial charge is 0.245 e. The molecule has 1 unspecified atom stereocenters. The summed E-state index contributed by atoms with van der Waals surface area (Å²) in [6, 6.07) is 0.347. The van der Waals surface area contributed by atoms with Crippen LogP contribution in [-0.4, -0.2) is 46.3 Å². The first-order valence-corrected chi connectivity index (χ1v) is 5.41. The fourth-order valence-corrected chi connectivity index (χ4v) is 1.89. The third-order valence-corrected chi connectivity index (χ3v) is 2.77. The molecule has 1 atom stereocenters. The summed E-state index contributed by atoms with van der Waals surface area (Å²) in [4.78, 5) is 6.23. The molecule has 0 aliphatic carbocycles. The molecule has 1 saturated heterocycles. The van der Waals surface area contributed by atoms with Gasteiger partial charge in [-0.3, -0.25) is 0 Å². The molecule has 5 nitrogen and oxygen atoms in total. The number of anilines is 1. The molecular formula is C8H11Cl2N5. The Hall–Kier alpha value is -0.650. The average Bonchev–Trinajstić information content (AvgIpc) is 2.58. The molecule has 0 bridgehead atoms. The highest BCUT2D eigenvalue weighted by Crippen LogP contribution is 2.20. The molecule has 1 aromatic rings. The third-order valence-electron chi connectivity index (χ3n) is 2.35. The van der Waals surface area contributed by atoms with Gasteiger partial charge in [0, 0.05) is 12.6 Å². The monoisotopic (exact) mass is 247 g/mol. The van der Waals surface area contributed by atoms with Crippen molar-refractivity contribution < 1.29 is 0 Å². The van der Waals surface area contributed by atoms with Crippen molar-refractivity contribution >= 4 is 29.0 Å². The maximum atomic E-state index is 5.84. The van der Waals surface area contributed by atoms with Gasteiger partial charge in [-0.2, -0.15) is 4.98 Å². The lowest BCUT2D eigenvalue weighted by Gasteiger charge is -2.13. The first-order chi connectivity index (χ1) is 7.15. The van der Waals surface area contributed by atoms with E-state index in [1.165, 1.54) is 0 Å². The van der Waals surface area contributed by atoms with Gasteiger partial charge in [0.25, 0.3) is 0 Å². The Bertz CT molecular complexity index is 359. The molecule has 2 rings (SSSR count). The zero-order valence-corrected chi connectivity index (χ0v) is 9.76. The second-order valence-electron chi connectivity index (χ2n) is 3.61. The maximum absolute atomic E-state index is 5.84. The van der Waals surface area contributed by atoms with E-state index in [4.69, 9.17) is 23.2 Å². The zero-order valence-electron chi connectivity index (χ0n) is 8.24. The molecule has 1 fully saturated rings. The van der Waals surface area contributed by atoms with E-state index in [1.54, 1.807) is 0 Å².